The minimum absolute atomic E-state index is 0. The average Bonchev–Trinajstić information content (AvgIpc) is 2.77. The van der Waals surface area contributed by atoms with E-state index >= 15 is 0 Å². The molecule has 3 aliphatic rings. The van der Waals surface area contributed by atoms with Crippen LogP contribution in [0.3, 0.4) is 0 Å². The minimum Gasteiger partial charge on any atom is -0.103 e. The number of hydrogen-bond donors (Lipinski definition) is 0. The molecule has 3 aliphatic carbocycles. The first-order valence-corrected chi connectivity index (χ1v) is 14.9. The van der Waals surface area contributed by atoms with Crippen LogP contribution in [0.15, 0.2) is 49.1 Å². The van der Waals surface area contributed by atoms with Crippen LogP contribution in [-0.4, -0.2) is 31.5 Å². The standard InChI is InChI=1S/C11H17.2C8H13.2Al/c1-3-7-10(2)11-8-5-4-6-9-11;2*1-2-8-6-4-3-5-7-8;;/h3-5,10-11H,1-2,6-9H2;2*3-4,8H,1-2,5-7H2;;. The molecule has 0 saturated heterocycles. The topological polar surface area (TPSA) is 0 Å². The van der Waals surface area contributed by atoms with E-state index in [-0.39, 0.29) is 17.4 Å². The Labute approximate surface area is 196 Å². The van der Waals surface area contributed by atoms with E-state index in [1.165, 1.54) is 77.0 Å². The molecule has 4 unspecified atom stereocenters. The second-order valence-electron chi connectivity index (χ2n) is 9.89. The van der Waals surface area contributed by atoms with Crippen molar-refractivity contribution < 1.29 is 0 Å². The average molecular weight is 422 g/mol. The predicted molar refractivity (Wildman–Crippen MR) is 133 cm³/mol. The maximum Gasteiger partial charge on any atom is 0.262 e. The van der Waals surface area contributed by atoms with Crippen LogP contribution in [0.1, 0.15) is 77.0 Å². The van der Waals surface area contributed by atoms with Gasteiger partial charge in [-0.15, -0.1) is 6.58 Å². The monoisotopic (exact) mass is 421 g/mol. The highest BCUT2D eigenvalue weighted by molar-refractivity contribution is 6.58. The maximum atomic E-state index is 4.12. The second kappa shape index (κ2) is 14.9. The summed E-state index contributed by atoms with van der Waals surface area (Å²) in [6.45, 7) is 4.12. The number of hydrogen-bond acceptors (Lipinski definition) is 0. The lowest BCUT2D eigenvalue weighted by Crippen LogP contribution is -2.25. The van der Waals surface area contributed by atoms with Gasteiger partial charge < -0.3 is 0 Å². The summed E-state index contributed by atoms with van der Waals surface area (Å²) < 4.78 is 0. The lowest BCUT2D eigenvalue weighted by atomic mass is 9.82. The largest absolute Gasteiger partial charge is 0.262 e. The third kappa shape index (κ3) is 9.36. The molecule has 0 aromatic carbocycles. The minimum atomic E-state index is -0.656. The van der Waals surface area contributed by atoms with Crippen molar-refractivity contribution in [2.24, 2.45) is 23.7 Å². The van der Waals surface area contributed by atoms with Crippen LogP contribution in [0.25, 0.3) is 0 Å². The lowest BCUT2D eigenvalue weighted by molar-refractivity contribution is 0.331. The van der Waals surface area contributed by atoms with Crippen molar-refractivity contribution in [2.45, 2.75) is 92.9 Å². The maximum absolute atomic E-state index is 4.12. The molecule has 0 bridgehead atoms. The fourth-order valence-electron chi connectivity index (χ4n) is 5.93. The smallest absolute Gasteiger partial charge is 0.103 e. The molecule has 0 aromatic rings. The molecule has 0 heterocycles. The normalized spacial score (nSPS) is 27.2. The van der Waals surface area contributed by atoms with E-state index in [2.05, 4.69) is 49.1 Å². The molecule has 4 atom stereocenters. The van der Waals surface area contributed by atoms with Gasteiger partial charge in [0, 0.05) is 17.4 Å². The molecule has 3 rings (SSSR count). The summed E-state index contributed by atoms with van der Waals surface area (Å²) in [5, 5.41) is 4.81. The van der Waals surface area contributed by atoms with Crippen molar-refractivity contribution in [1.29, 1.82) is 0 Å². The SMILES string of the molecule is C=CCC([CH2][Al]([CH2]CC1CC=CCC1)[CH2]CC1CC=CCC1)C1CC=CCC1.[Al]. The van der Waals surface area contributed by atoms with Gasteiger partial charge in [-0.1, -0.05) is 71.2 Å². The summed E-state index contributed by atoms with van der Waals surface area (Å²) in [4.78, 5) is 0. The van der Waals surface area contributed by atoms with E-state index in [1.54, 1.807) is 15.8 Å². The van der Waals surface area contributed by atoms with Crippen molar-refractivity contribution in [2.75, 3.05) is 0 Å². The third-order valence-corrected chi connectivity index (χ3v) is 11.4. The molecule has 0 fully saturated rings. The summed E-state index contributed by atoms with van der Waals surface area (Å²) in [5.74, 6) is 3.85. The predicted octanol–water partition coefficient (Wildman–Crippen LogP) is 8.14. The molecule has 0 aromatic heterocycles. The van der Waals surface area contributed by atoms with Crippen LogP contribution in [0.5, 0.6) is 0 Å². The number of allylic oxidation sites excluding steroid dienone is 7. The van der Waals surface area contributed by atoms with E-state index in [9.17, 15) is 0 Å². The van der Waals surface area contributed by atoms with Crippen LogP contribution >= 0.6 is 0 Å². The Balaban J connectivity index is 0.00000300. The van der Waals surface area contributed by atoms with Gasteiger partial charge in [0.15, 0.2) is 0 Å². The highest BCUT2D eigenvalue weighted by Gasteiger charge is 2.28. The first-order chi connectivity index (χ1) is 13.8. The molecule has 3 radical (unpaired) electrons. The number of rotatable bonds is 11. The summed E-state index contributed by atoms with van der Waals surface area (Å²) in [5.41, 5.74) is 0. The van der Waals surface area contributed by atoms with Crippen molar-refractivity contribution >= 4 is 31.5 Å². The molecule has 0 amide bonds. The van der Waals surface area contributed by atoms with E-state index in [0.717, 1.165) is 23.7 Å². The highest BCUT2D eigenvalue weighted by atomic mass is 27.2. The van der Waals surface area contributed by atoms with Crippen molar-refractivity contribution in [3.63, 3.8) is 0 Å². The van der Waals surface area contributed by atoms with Gasteiger partial charge in [0.05, 0.1) is 0 Å². The van der Waals surface area contributed by atoms with Gasteiger partial charge >= 0.3 is 0 Å². The Morgan fingerprint density at radius 1 is 0.793 bits per heavy atom. The van der Waals surface area contributed by atoms with Gasteiger partial charge in [-0.2, -0.15) is 0 Å². The molecular weight excluding hydrogens is 378 g/mol. The fraction of sp³-hybridized carbons (Fsp3) is 0.704. The van der Waals surface area contributed by atoms with Crippen LogP contribution in [0.4, 0.5) is 0 Å². The molecule has 157 valence electrons. The second-order valence-corrected chi connectivity index (χ2v) is 13.2. The molecule has 2 heteroatoms. The van der Waals surface area contributed by atoms with E-state index < -0.39 is 14.1 Å². The van der Waals surface area contributed by atoms with Crippen molar-refractivity contribution in [3.05, 3.63) is 49.1 Å². The summed E-state index contributed by atoms with van der Waals surface area (Å²) in [7, 11) is 0. The first-order valence-electron chi connectivity index (χ1n) is 12.4. The zero-order valence-corrected chi connectivity index (χ0v) is 21.1. The fourth-order valence-corrected chi connectivity index (χ4v) is 10.0. The van der Waals surface area contributed by atoms with Gasteiger partial charge in [0.2, 0.25) is 0 Å². The highest BCUT2D eigenvalue weighted by Crippen LogP contribution is 2.36. The summed E-state index contributed by atoms with van der Waals surface area (Å²) in [6.07, 6.45) is 33.5. The van der Waals surface area contributed by atoms with E-state index in [1.807, 2.05) is 0 Å². The Kier molecular flexibility index (Phi) is 13.0. The Hall–Kier alpha value is 0.0249. The van der Waals surface area contributed by atoms with Crippen LogP contribution in [0.2, 0.25) is 15.8 Å². The zero-order chi connectivity index (χ0) is 19.4. The van der Waals surface area contributed by atoms with Gasteiger partial charge in [0.1, 0.15) is 0 Å². The quantitative estimate of drug-likeness (QED) is 0.233. The van der Waals surface area contributed by atoms with Gasteiger partial charge in [-0.3, -0.25) is 0 Å². The van der Waals surface area contributed by atoms with Gasteiger partial charge in [0.25, 0.3) is 14.1 Å². The Bertz CT molecular complexity index is 505. The van der Waals surface area contributed by atoms with E-state index in [0.29, 0.717) is 0 Å². The van der Waals surface area contributed by atoms with E-state index in [4.69, 9.17) is 0 Å². The molecule has 0 spiro atoms. The lowest BCUT2D eigenvalue weighted by Gasteiger charge is -2.30. The van der Waals surface area contributed by atoms with Crippen LogP contribution in [0, 0.1) is 23.7 Å². The van der Waals surface area contributed by atoms with Crippen LogP contribution in [-0.2, 0) is 0 Å². The van der Waals surface area contributed by atoms with Crippen molar-refractivity contribution in [1.82, 2.24) is 0 Å². The molecule has 0 N–H and O–H groups in total. The first kappa shape index (κ1) is 25.3. The van der Waals surface area contributed by atoms with Gasteiger partial charge in [-0.05, 0) is 87.9 Å². The molecule has 0 aliphatic heterocycles. The molecule has 0 saturated carbocycles. The van der Waals surface area contributed by atoms with Crippen molar-refractivity contribution in [3.8, 4) is 0 Å². The molecule has 29 heavy (non-hydrogen) atoms. The Morgan fingerprint density at radius 2 is 1.34 bits per heavy atom. The Morgan fingerprint density at radius 3 is 1.79 bits per heavy atom. The zero-order valence-electron chi connectivity index (χ0n) is 18.8. The molecule has 0 nitrogen and oxygen atoms in total. The van der Waals surface area contributed by atoms with Gasteiger partial charge in [-0.25, -0.2) is 0 Å². The third-order valence-electron chi connectivity index (χ3n) is 7.80. The summed E-state index contributed by atoms with van der Waals surface area (Å²) >= 11 is -0.656. The molecular formula is C27H43Al2. The summed E-state index contributed by atoms with van der Waals surface area (Å²) in [6, 6.07) is 0. The van der Waals surface area contributed by atoms with Crippen LogP contribution < -0.4 is 0 Å².